The van der Waals surface area contributed by atoms with E-state index in [0.29, 0.717) is 6.42 Å². The molecular formula is C16H27N3O. The number of nitrogens with one attached hydrogen (secondary N) is 2. The number of aromatic nitrogens is 2. The number of carbonyl (C=O) groups is 1. The van der Waals surface area contributed by atoms with Gasteiger partial charge in [0.1, 0.15) is 5.82 Å². The molecule has 1 atom stereocenters. The van der Waals surface area contributed by atoms with E-state index in [1.165, 1.54) is 38.5 Å². The van der Waals surface area contributed by atoms with Crippen LogP contribution in [0, 0.1) is 5.92 Å². The summed E-state index contributed by atoms with van der Waals surface area (Å²) in [6.45, 7) is 2.06. The first kappa shape index (κ1) is 15.1. The summed E-state index contributed by atoms with van der Waals surface area (Å²) >= 11 is 0. The predicted octanol–water partition coefficient (Wildman–Crippen LogP) is 3.73. The van der Waals surface area contributed by atoms with Crippen molar-refractivity contribution < 1.29 is 4.79 Å². The molecule has 4 nitrogen and oxygen atoms in total. The molecule has 112 valence electrons. The molecule has 4 heteroatoms. The van der Waals surface area contributed by atoms with Crippen molar-refractivity contribution in [2.24, 2.45) is 5.92 Å². The Morgan fingerprint density at radius 3 is 2.90 bits per heavy atom. The van der Waals surface area contributed by atoms with Crippen molar-refractivity contribution in [2.45, 2.75) is 70.8 Å². The summed E-state index contributed by atoms with van der Waals surface area (Å²) in [5.74, 6) is 1.88. The lowest BCUT2D eigenvalue weighted by atomic mass is 9.86. The van der Waals surface area contributed by atoms with Gasteiger partial charge in [0.15, 0.2) is 0 Å². The number of imidazole rings is 1. The second-order valence-corrected chi connectivity index (χ2v) is 5.90. The minimum absolute atomic E-state index is 0.0205. The second-order valence-electron chi connectivity index (χ2n) is 5.90. The van der Waals surface area contributed by atoms with Crippen LogP contribution >= 0.6 is 0 Å². The molecule has 0 bridgehead atoms. The Bertz CT molecular complexity index is 382. The minimum Gasteiger partial charge on any atom is -0.347 e. The number of H-pyrrole nitrogens is 1. The zero-order valence-corrected chi connectivity index (χ0v) is 12.5. The van der Waals surface area contributed by atoms with Crippen molar-refractivity contribution in [3.8, 4) is 0 Å². The molecule has 0 aliphatic heterocycles. The van der Waals surface area contributed by atoms with Gasteiger partial charge in [0.25, 0.3) is 0 Å². The Hall–Kier alpha value is -1.32. The van der Waals surface area contributed by atoms with Gasteiger partial charge in [-0.15, -0.1) is 0 Å². The first-order chi connectivity index (χ1) is 9.79. The molecule has 1 amide bonds. The topological polar surface area (TPSA) is 57.8 Å². The first-order valence-electron chi connectivity index (χ1n) is 8.08. The smallest absolute Gasteiger partial charge is 0.220 e. The summed E-state index contributed by atoms with van der Waals surface area (Å²) in [7, 11) is 0. The van der Waals surface area contributed by atoms with Gasteiger partial charge in [-0.05, 0) is 25.2 Å². The summed E-state index contributed by atoms with van der Waals surface area (Å²) in [5, 5.41) is 3.07. The lowest BCUT2D eigenvalue weighted by Gasteiger charge is -2.21. The molecule has 0 saturated heterocycles. The maximum atomic E-state index is 12.0. The van der Waals surface area contributed by atoms with Crippen molar-refractivity contribution in [2.75, 3.05) is 0 Å². The van der Waals surface area contributed by atoms with Crippen LogP contribution in [-0.4, -0.2) is 15.9 Å². The van der Waals surface area contributed by atoms with E-state index in [1.807, 2.05) is 0 Å². The second kappa shape index (κ2) is 8.08. The highest BCUT2D eigenvalue weighted by molar-refractivity contribution is 5.76. The van der Waals surface area contributed by atoms with Crippen molar-refractivity contribution in [1.29, 1.82) is 0 Å². The number of hydrogen-bond donors (Lipinski definition) is 2. The Labute approximate surface area is 121 Å². The molecule has 2 N–H and O–H groups in total. The zero-order valence-electron chi connectivity index (χ0n) is 12.5. The fraction of sp³-hybridized carbons (Fsp3) is 0.750. The average molecular weight is 277 g/mol. The van der Waals surface area contributed by atoms with E-state index < -0.39 is 0 Å². The minimum atomic E-state index is 0.0205. The Kier molecular flexibility index (Phi) is 6.09. The largest absolute Gasteiger partial charge is 0.347 e. The van der Waals surface area contributed by atoms with Crippen molar-refractivity contribution in [1.82, 2.24) is 15.3 Å². The number of amides is 1. The number of nitrogens with zero attached hydrogens (tertiary/aromatic N) is 1. The van der Waals surface area contributed by atoms with Gasteiger partial charge in [0, 0.05) is 18.8 Å². The van der Waals surface area contributed by atoms with Crippen LogP contribution in [0.1, 0.15) is 76.6 Å². The molecule has 1 fully saturated rings. The van der Waals surface area contributed by atoms with E-state index >= 15 is 0 Å². The Morgan fingerprint density at radius 1 is 1.45 bits per heavy atom. The van der Waals surface area contributed by atoms with Crippen LogP contribution in [0.5, 0.6) is 0 Å². The molecule has 1 saturated carbocycles. The number of carbonyl (C=O) groups excluding carboxylic acids is 1. The normalized spacial score (nSPS) is 17.9. The van der Waals surface area contributed by atoms with E-state index in [0.717, 1.165) is 24.6 Å². The van der Waals surface area contributed by atoms with Gasteiger partial charge in [-0.25, -0.2) is 4.98 Å². The van der Waals surface area contributed by atoms with Crippen LogP contribution in [0.2, 0.25) is 0 Å². The van der Waals surface area contributed by atoms with Gasteiger partial charge >= 0.3 is 0 Å². The summed E-state index contributed by atoms with van der Waals surface area (Å²) in [5.41, 5.74) is 0. The predicted molar refractivity (Wildman–Crippen MR) is 80.2 cm³/mol. The highest BCUT2D eigenvalue weighted by Crippen LogP contribution is 2.27. The van der Waals surface area contributed by atoms with E-state index in [-0.39, 0.29) is 11.9 Å². The SMILES string of the molecule is CCC(NC(=O)CCCC1CCCCC1)c1ncc[nH]1. The van der Waals surface area contributed by atoms with Crippen molar-refractivity contribution in [3.63, 3.8) is 0 Å². The van der Waals surface area contributed by atoms with Crippen LogP contribution in [0.3, 0.4) is 0 Å². The summed E-state index contributed by atoms with van der Waals surface area (Å²) < 4.78 is 0. The monoisotopic (exact) mass is 277 g/mol. The quantitative estimate of drug-likeness (QED) is 0.798. The van der Waals surface area contributed by atoms with Crippen LogP contribution in [0.4, 0.5) is 0 Å². The van der Waals surface area contributed by atoms with E-state index in [2.05, 4.69) is 22.2 Å². The molecule has 1 unspecified atom stereocenters. The van der Waals surface area contributed by atoms with E-state index in [4.69, 9.17) is 0 Å². The van der Waals surface area contributed by atoms with Crippen LogP contribution in [0.15, 0.2) is 12.4 Å². The highest BCUT2D eigenvalue weighted by Gasteiger charge is 2.16. The highest BCUT2D eigenvalue weighted by atomic mass is 16.1. The molecule has 1 aliphatic carbocycles. The van der Waals surface area contributed by atoms with Gasteiger partial charge in [0.2, 0.25) is 5.91 Å². The number of aromatic amines is 1. The van der Waals surface area contributed by atoms with E-state index in [9.17, 15) is 4.79 Å². The molecule has 20 heavy (non-hydrogen) atoms. The van der Waals surface area contributed by atoms with Crippen molar-refractivity contribution >= 4 is 5.91 Å². The lowest BCUT2D eigenvalue weighted by molar-refractivity contribution is -0.122. The fourth-order valence-electron chi connectivity index (χ4n) is 3.13. The lowest BCUT2D eigenvalue weighted by Crippen LogP contribution is -2.28. The number of rotatable bonds is 7. The molecule has 0 spiro atoms. The summed E-state index contributed by atoms with van der Waals surface area (Å²) in [6, 6.07) is 0.0205. The third-order valence-corrected chi connectivity index (χ3v) is 4.33. The first-order valence-corrected chi connectivity index (χ1v) is 8.08. The standard InChI is InChI=1S/C16H27N3O/c1-2-14(16-17-11-12-18-16)19-15(20)10-6-9-13-7-4-3-5-8-13/h11-14H,2-10H2,1H3,(H,17,18)(H,19,20). The molecule has 0 aromatic carbocycles. The molecular weight excluding hydrogens is 250 g/mol. The van der Waals surface area contributed by atoms with E-state index in [1.54, 1.807) is 12.4 Å². The van der Waals surface area contributed by atoms with Gasteiger partial charge < -0.3 is 10.3 Å². The van der Waals surface area contributed by atoms with Crippen LogP contribution in [0.25, 0.3) is 0 Å². The molecule has 1 heterocycles. The van der Waals surface area contributed by atoms with Crippen molar-refractivity contribution in [3.05, 3.63) is 18.2 Å². The Morgan fingerprint density at radius 2 is 2.25 bits per heavy atom. The fourth-order valence-corrected chi connectivity index (χ4v) is 3.13. The summed E-state index contributed by atoms with van der Waals surface area (Å²) in [6.07, 6.45) is 14.2. The third-order valence-electron chi connectivity index (χ3n) is 4.33. The molecule has 1 aliphatic rings. The molecule has 2 rings (SSSR count). The van der Waals surface area contributed by atoms with Gasteiger partial charge in [-0.3, -0.25) is 4.79 Å². The zero-order chi connectivity index (χ0) is 14.2. The molecule has 1 aromatic heterocycles. The van der Waals surface area contributed by atoms with Gasteiger partial charge in [-0.1, -0.05) is 39.0 Å². The summed E-state index contributed by atoms with van der Waals surface area (Å²) in [4.78, 5) is 19.3. The van der Waals surface area contributed by atoms with Crippen LogP contribution in [-0.2, 0) is 4.79 Å². The van der Waals surface area contributed by atoms with Gasteiger partial charge in [-0.2, -0.15) is 0 Å². The third kappa shape index (κ3) is 4.66. The number of hydrogen-bond acceptors (Lipinski definition) is 2. The average Bonchev–Trinajstić information content (AvgIpc) is 3.00. The Balaban J connectivity index is 1.66. The van der Waals surface area contributed by atoms with Gasteiger partial charge in [0.05, 0.1) is 6.04 Å². The van der Waals surface area contributed by atoms with Crippen LogP contribution < -0.4 is 5.32 Å². The maximum absolute atomic E-state index is 12.0. The maximum Gasteiger partial charge on any atom is 0.220 e. The molecule has 0 radical (unpaired) electrons. The molecule has 1 aromatic rings.